The number of ether oxygens (including phenoxy) is 3. The highest BCUT2D eigenvalue weighted by atomic mass is 16.5. The van der Waals surface area contributed by atoms with Gasteiger partial charge in [-0.25, -0.2) is 9.97 Å². The summed E-state index contributed by atoms with van der Waals surface area (Å²) < 4.78 is 16.6. The first-order chi connectivity index (χ1) is 15.1. The minimum Gasteiger partial charge on any atom is -0.488 e. The molecule has 0 amide bonds. The Morgan fingerprint density at radius 3 is 2.35 bits per heavy atom. The van der Waals surface area contributed by atoms with Crippen LogP contribution in [0, 0.1) is 5.92 Å². The van der Waals surface area contributed by atoms with E-state index in [1.54, 1.807) is 24.5 Å². The van der Waals surface area contributed by atoms with Gasteiger partial charge in [-0.05, 0) is 43.0 Å². The van der Waals surface area contributed by atoms with Gasteiger partial charge >= 0.3 is 5.97 Å². The monoisotopic (exact) mass is 428 g/mol. The summed E-state index contributed by atoms with van der Waals surface area (Å²) >= 11 is 0. The number of hydrogen-bond donors (Lipinski definition) is 0. The fraction of sp³-hybridized carbons (Fsp3) is 0.560. The molecule has 6 heteroatoms. The van der Waals surface area contributed by atoms with Crippen molar-refractivity contribution < 1.29 is 19.0 Å². The van der Waals surface area contributed by atoms with E-state index in [0.29, 0.717) is 42.9 Å². The van der Waals surface area contributed by atoms with Gasteiger partial charge < -0.3 is 14.2 Å². The Morgan fingerprint density at radius 1 is 0.935 bits per heavy atom. The summed E-state index contributed by atoms with van der Waals surface area (Å²) in [6.45, 7) is 8.29. The van der Waals surface area contributed by atoms with E-state index in [9.17, 15) is 4.79 Å². The lowest BCUT2D eigenvalue weighted by atomic mass is 10.0. The lowest BCUT2D eigenvalue weighted by molar-refractivity contribution is -0.134. The van der Waals surface area contributed by atoms with Crippen LogP contribution in [0.1, 0.15) is 65.7 Å². The molecule has 0 bridgehead atoms. The van der Waals surface area contributed by atoms with Crippen molar-refractivity contribution >= 4 is 5.97 Å². The Hall–Kier alpha value is -2.47. The lowest BCUT2D eigenvalue weighted by Gasteiger charge is -2.09. The number of carbonyl (C=O) groups excluding carboxylic acids is 1. The molecule has 1 unspecified atom stereocenters. The molecule has 0 N–H and O–H groups in total. The maximum Gasteiger partial charge on any atom is 0.311 e. The Morgan fingerprint density at radius 2 is 1.68 bits per heavy atom. The quantitative estimate of drug-likeness (QED) is 0.201. The van der Waals surface area contributed by atoms with E-state index in [1.807, 2.05) is 12.1 Å². The van der Waals surface area contributed by atoms with Crippen molar-refractivity contribution in [2.75, 3.05) is 19.8 Å². The van der Waals surface area contributed by atoms with Gasteiger partial charge in [-0.2, -0.15) is 0 Å². The smallest absolute Gasteiger partial charge is 0.311 e. The SMILES string of the molecule is CCCCCCOCCOc1cnc(-c2ccc(OC(=O)CCC(C)CC)cc2)nc1. The van der Waals surface area contributed by atoms with Crippen molar-refractivity contribution in [2.24, 2.45) is 5.92 Å². The Labute approximate surface area is 186 Å². The number of hydrogen-bond acceptors (Lipinski definition) is 6. The highest BCUT2D eigenvalue weighted by Gasteiger charge is 2.09. The van der Waals surface area contributed by atoms with Gasteiger partial charge in [0.2, 0.25) is 0 Å². The van der Waals surface area contributed by atoms with Crippen LogP contribution >= 0.6 is 0 Å². The summed E-state index contributed by atoms with van der Waals surface area (Å²) in [6, 6.07) is 7.23. The molecule has 31 heavy (non-hydrogen) atoms. The molecule has 0 radical (unpaired) electrons. The van der Waals surface area contributed by atoms with Crippen molar-refractivity contribution in [1.29, 1.82) is 0 Å². The molecule has 0 aliphatic carbocycles. The third kappa shape index (κ3) is 9.92. The van der Waals surface area contributed by atoms with Crippen LogP contribution in [0.25, 0.3) is 11.4 Å². The molecule has 1 aromatic heterocycles. The molecule has 1 heterocycles. The van der Waals surface area contributed by atoms with Crippen molar-refractivity contribution in [2.45, 2.75) is 65.7 Å². The highest BCUT2D eigenvalue weighted by Crippen LogP contribution is 2.21. The largest absolute Gasteiger partial charge is 0.488 e. The van der Waals surface area contributed by atoms with Crippen molar-refractivity contribution in [3.05, 3.63) is 36.7 Å². The van der Waals surface area contributed by atoms with Gasteiger partial charge in [0.1, 0.15) is 12.4 Å². The fourth-order valence-corrected chi connectivity index (χ4v) is 2.91. The van der Waals surface area contributed by atoms with Crippen LogP contribution in [-0.2, 0) is 9.53 Å². The molecule has 0 fully saturated rings. The molecule has 6 nitrogen and oxygen atoms in total. The number of nitrogens with zero attached hydrogens (tertiary/aromatic N) is 2. The average molecular weight is 429 g/mol. The van der Waals surface area contributed by atoms with Crippen LogP contribution in [0.3, 0.4) is 0 Å². The molecular weight excluding hydrogens is 392 g/mol. The lowest BCUT2D eigenvalue weighted by Crippen LogP contribution is -2.09. The average Bonchev–Trinajstić information content (AvgIpc) is 2.80. The number of esters is 1. The zero-order valence-corrected chi connectivity index (χ0v) is 19.1. The first-order valence-corrected chi connectivity index (χ1v) is 11.5. The predicted octanol–water partition coefficient (Wildman–Crippen LogP) is 5.85. The van der Waals surface area contributed by atoms with Crippen LogP contribution in [0.15, 0.2) is 36.7 Å². The molecule has 0 spiro atoms. The van der Waals surface area contributed by atoms with Gasteiger partial charge in [0.25, 0.3) is 0 Å². The highest BCUT2D eigenvalue weighted by molar-refractivity contribution is 5.72. The van der Waals surface area contributed by atoms with E-state index in [4.69, 9.17) is 14.2 Å². The van der Waals surface area contributed by atoms with E-state index in [2.05, 4.69) is 30.7 Å². The van der Waals surface area contributed by atoms with E-state index >= 15 is 0 Å². The Balaban J connectivity index is 1.72. The third-order valence-electron chi connectivity index (χ3n) is 5.15. The zero-order chi connectivity index (χ0) is 22.3. The molecule has 1 atom stereocenters. The topological polar surface area (TPSA) is 70.5 Å². The Bertz CT molecular complexity index is 747. The van der Waals surface area contributed by atoms with Crippen molar-refractivity contribution in [1.82, 2.24) is 9.97 Å². The summed E-state index contributed by atoms with van der Waals surface area (Å²) in [5, 5.41) is 0. The van der Waals surface area contributed by atoms with Crippen LogP contribution in [0.4, 0.5) is 0 Å². The normalized spacial score (nSPS) is 11.8. The van der Waals surface area contributed by atoms with Crippen molar-refractivity contribution in [3.8, 4) is 22.9 Å². The minimum atomic E-state index is -0.198. The minimum absolute atomic E-state index is 0.198. The fourth-order valence-electron chi connectivity index (χ4n) is 2.91. The number of benzene rings is 1. The summed E-state index contributed by atoms with van der Waals surface area (Å²) in [4.78, 5) is 20.7. The van der Waals surface area contributed by atoms with Gasteiger partial charge in [0.15, 0.2) is 11.6 Å². The first kappa shape index (κ1) is 24.8. The molecule has 0 aliphatic heterocycles. The molecule has 0 aliphatic rings. The Kier molecular flexibility index (Phi) is 11.6. The second-order valence-electron chi connectivity index (χ2n) is 7.81. The van der Waals surface area contributed by atoms with Crippen LogP contribution in [-0.4, -0.2) is 35.8 Å². The van der Waals surface area contributed by atoms with Gasteiger partial charge in [-0.15, -0.1) is 0 Å². The van der Waals surface area contributed by atoms with Crippen LogP contribution in [0.5, 0.6) is 11.5 Å². The van der Waals surface area contributed by atoms with Crippen LogP contribution in [0.2, 0.25) is 0 Å². The predicted molar refractivity (Wildman–Crippen MR) is 122 cm³/mol. The number of aromatic nitrogens is 2. The number of rotatable bonds is 15. The summed E-state index contributed by atoms with van der Waals surface area (Å²) in [7, 11) is 0. The maximum absolute atomic E-state index is 11.9. The molecule has 2 rings (SSSR count). The molecule has 1 aromatic carbocycles. The van der Waals surface area contributed by atoms with E-state index in [-0.39, 0.29) is 5.97 Å². The van der Waals surface area contributed by atoms with Gasteiger partial charge in [0.05, 0.1) is 19.0 Å². The summed E-state index contributed by atoms with van der Waals surface area (Å²) in [6.07, 6.45) is 10.5. The maximum atomic E-state index is 11.9. The van der Waals surface area contributed by atoms with E-state index in [0.717, 1.165) is 31.4 Å². The van der Waals surface area contributed by atoms with Gasteiger partial charge in [-0.1, -0.05) is 46.5 Å². The van der Waals surface area contributed by atoms with Gasteiger partial charge in [-0.3, -0.25) is 4.79 Å². The molecule has 0 saturated carbocycles. The van der Waals surface area contributed by atoms with Crippen molar-refractivity contribution in [3.63, 3.8) is 0 Å². The molecular formula is C25H36N2O4. The van der Waals surface area contributed by atoms with Gasteiger partial charge in [0, 0.05) is 18.6 Å². The number of carbonyl (C=O) groups is 1. The molecule has 0 saturated heterocycles. The molecule has 2 aromatic rings. The van der Waals surface area contributed by atoms with Crippen LogP contribution < -0.4 is 9.47 Å². The molecule has 170 valence electrons. The third-order valence-corrected chi connectivity index (χ3v) is 5.15. The first-order valence-electron chi connectivity index (χ1n) is 11.5. The number of unbranched alkanes of at least 4 members (excludes halogenated alkanes) is 3. The van der Waals surface area contributed by atoms with E-state index < -0.39 is 0 Å². The second-order valence-corrected chi connectivity index (χ2v) is 7.81. The summed E-state index contributed by atoms with van der Waals surface area (Å²) in [5.41, 5.74) is 0.848. The second kappa shape index (κ2) is 14.5. The zero-order valence-electron chi connectivity index (χ0n) is 19.1. The summed E-state index contributed by atoms with van der Waals surface area (Å²) in [5.74, 6) is 2.07. The van der Waals surface area contributed by atoms with E-state index in [1.165, 1.54) is 19.3 Å². The standard InChI is InChI=1S/C25H36N2O4/c1-4-6-7-8-15-29-16-17-30-23-18-26-25(27-19-23)21-10-12-22(13-11-21)31-24(28)14-9-20(3)5-2/h10-13,18-20H,4-9,14-17H2,1-3H3.